The van der Waals surface area contributed by atoms with Crippen LogP contribution in [0.4, 0.5) is 0 Å². The Balaban J connectivity index is 2.34. The summed E-state index contributed by atoms with van der Waals surface area (Å²) in [6, 6.07) is 18.2. The molecule has 0 aliphatic rings. The molecule has 2 rings (SSSR count). The SMILES string of the molecule is COc1ccc(/C(=C\C(=O)N(C)C)[Te]c2ccccc2)cc1. The van der Waals surface area contributed by atoms with E-state index in [0.29, 0.717) is 0 Å². The van der Waals surface area contributed by atoms with Crippen molar-refractivity contribution in [1.82, 2.24) is 4.90 Å². The molecule has 0 radical (unpaired) electrons. The van der Waals surface area contributed by atoms with Crippen LogP contribution in [0.3, 0.4) is 0 Å². The summed E-state index contributed by atoms with van der Waals surface area (Å²) in [6.45, 7) is 0. The van der Waals surface area contributed by atoms with Crippen LogP contribution in [-0.2, 0) is 4.79 Å². The summed E-state index contributed by atoms with van der Waals surface area (Å²) in [5, 5.41) is 0. The van der Waals surface area contributed by atoms with Gasteiger partial charge in [-0.15, -0.1) is 0 Å². The molecule has 114 valence electrons. The minimum atomic E-state index is -0.625. The maximum atomic E-state index is 12.1. The standard InChI is InChI=1S/C18H19NO2Te/c1-19(2)18(20)13-17(22-16-7-5-4-6-8-16)14-9-11-15(21-3)12-10-14/h4-13H,1-3H3/b17-13+. The van der Waals surface area contributed by atoms with Gasteiger partial charge in [-0.25, -0.2) is 0 Å². The van der Waals surface area contributed by atoms with E-state index in [1.165, 1.54) is 3.61 Å². The molecule has 0 aliphatic carbocycles. The van der Waals surface area contributed by atoms with E-state index < -0.39 is 20.9 Å². The second kappa shape index (κ2) is 8.03. The van der Waals surface area contributed by atoms with Crippen molar-refractivity contribution in [2.75, 3.05) is 21.2 Å². The van der Waals surface area contributed by atoms with Gasteiger partial charge in [0.15, 0.2) is 0 Å². The third-order valence-electron chi connectivity index (χ3n) is 3.04. The van der Waals surface area contributed by atoms with E-state index in [4.69, 9.17) is 4.74 Å². The average Bonchev–Trinajstić information content (AvgIpc) is 2.55. The fourth-order valence-corrected chi connectivity index (χ4v) is 4.53. The van der Waals surface area contributed by atoms with E-state index in [2.05, 4.69) is 12.1 Å². The molecule has 0 N–H and O–H groups in total. The normalized spacial score (nSPS) is 11.1. The van der Waals surface area contributed by atoms with E-state index in [1.54, 1.807) is 32.2 Å². The van der Waals surface area contributed by atoms with Gasteiger partial charge in [0.2, 0.25) is 0 Å². The predicted molar refractivity (Wildman–Crippen MR) is 91.5 cm³/mol. The zero-order valence-electron chi connectivity index (χ0n) is 12.9. The van der Waals surface area contributed by atoms with Gasteiger partial charge >= 0.3 is 142 Å². The first-order valence-corrected chi connectivity index (χ1v) is 9.23. The zero-order chi connectivity index (χ0) is 15.9. The summed E-state index contributed by atoms with van der Waals surface area (Å²) in [7, 11) is 5.20. The molecule has 0 aliphatic heterocycles. The van der Waals surface area contributed by atoms with E-state index in [-0.39, 0.29) is 5.91 Å². The molecule has 0 aromatic heterocycles. The molecule has 2 aromatic rings. The number of ether oxygens (including phenoxy) is 1. The number of carbonyl (C=O) groups is 1. The van der Waals surface area contributed by atoms with Crippen molar-refractivity contribution in [3.05, 3.63) is 66.2 Å². The summed E-state index contributed by atoms with van der Waals surface area (Å²) in [4.78, 5) is 13.7. The monoisotopic (exact) mass is 411 g/mol. The molecule has 2 aromatic carbocycles. The maximum absolute atomic E-state index is 12.1. The Bertz CT molecular complexity index is 649. The fourth-order valence-electron chi connectivity index (χ4n) is 1.78. The Hall–Kier alpha value is -1.76. The van der Waals surface area contributed by atoms with Crippen LogP contribution in [0.2, 0.25) is 0 Å². The number of hydrogen-bond acceptors (Lipinski definition) is 2. The van der Waals surface area contributed by atoms with Crippen molar-refractivity contribution < 1.29 is 9.53 Å². The van der Waals surface area contributed by atoms with Gasteiger partial charge in [0.25, 0.3) is 0 Å². The molecule has 1 amide bonds. The molecular formula is C18H19NO2Te. The summed E-state index contributed by atoms with van der Waals surface area (Å²) in [5.41, 5.74) is 1.09. The molecular weight excluding hydrogens is 390 g/mol. The first-order valence-electron chi connectivity index (χ1n) is 6.90. The van der Waals surface area contributed by atoms with Crippen LogP contribution in [-0.4, -0.2) is 52.9 Å². The van der Waals surface area contributed by atoms with Crippen LogP contribution in [0, 0.1) is 0 Å². The minimum absolute atomic E-state index is 0.0202. The molecule has 4 heteroatoms. The third kappa shape index (κ3) is 4.62. The molecule has 0 atom stereocenters. The molecule has 0 fully saturated rings. The van der Waals surface area contributed by atoms with Crippen molar-refractivity contribution in [1.29, 1.82) is 0 Å². The van der Waals surface area contributed by atoms with Crippen molar-refractivity contribution >= 4 is 34.1 Å². The Morgan fingerprint density at radius 3 is 2.23 bits per heavy atom. The molecule has 0 heterocycles. The number of benzene rings is 2. The Morgan fingerprint density at radius 2 is 1.68 bits per heavy atom. The topological polar surface area (TPSA) is 29.5 Å². The van der Waals surface area contributed by atoms with Gasteiger partial charge in [-0.1, -0.05) is 0 Å². The number of methoxy groups -OCH3 is 1. The number of hydrogen-bond donors (Lipinski definition) is 0. The number of likely N-dealkylation sites (N-methyl/N-ethyl adjacent to an activating group) is 1. The van der Waals surface area contributed by atoms with E-state index in [0.717, 1.165) is 14.9 Å². The molecule has 0 saturated heterocycles. The van der Waals surface area contributed by atoms with Gasteiger partial charge in [0.1, 0.15) is 0 Å². The number of amides is 1. The fraction of sp³-hybridized carbons (Fsp3) is 0.167. The first-order chi connectivity index (χ1) is 10.6. The quantitative estimate of drug-likeness (QED) is 0.560. The van der Waals surface area contributed by atoms with Crippen LogP contribution in [0.15, 0.2) is 60.7 Å². The summed E-state index contributed by atoms with van der Waals surface area (Å²) < 4.78 is 7.63. The number of rotatable bonds is 5. The molecule has 22 heavy (non-hydrogen) atoms. The average molecular weight is 409 g/mol. The Morgan fingerprint density at radius 1 is 1.05 bits per heavy atom. The Labute approximate surface area is 141 Å². The van der Waals surface area contributed by atoms with Crippen LogP contribution >= 0.6 is 0 Å². The first kappa shape index (κ1) is 16.6. The summed E-state index contributed by atoms with van der Waals surface area (Å²) in [6.07, 6.45) is 1.76. The number of nitrogens with zero attached hydrogens (tertiary/aromatic N) is 1. The van der Waals surface area contributed by atoms with Gasteiger partial charge in [-0.3, -0.25) is 0 Å². The van der Waals surface area contributed by atoms with E-state index >= 15 is 0 Å². The van der Waals surface area contributed by atoms with Crippen LogP contribution in [0.25, 0.3) is 3.62 Å². The molecule has 0 unspecified atom stereocenters. The van der Waals surface area contributed by atoms with Crippen molar-refractivity contribution in [3.63, 3.8) is 0 Å². The molecule has 0 bridgehead atoms. The van der Waals surface area contributed by atoms with Crippen molar-refractivity contribution in [2.24, 2.45) is 0 Å². The second-order valence-electron chi connectivity index (χ2n) is 4.88. The van der Waals surface area contributed by atoms with E-state index in [1.807, 2.05) is 42.5 Å². The van der Waals surface area contributed by atoms with Crippen molar-refractivity contribution in [2.45, 2.75) is 0 Å². The molecule has 0 spiro atoms. The number of carbonyl (C=O) groups excluding carboxylic acids is 1. The van der Waals surface area contributed by atoms with Crippen LogP contribution < -0.4 is 8.35 Å². The predicted octanol–water partition coefficient (Wildman–Crippen LogP) is 2.15. The summed E-state index contributed by atoms with van der Waals surface area (Å²) in [5.74, 6) is 0.842. The zero-order valence-corrected chi connectivity index (χ0v) is 15.3. The second-order valence-corrected chi connectivity index (χ2v) is 8.07. The van der Waals surface area contributed by atoms with Gasteiger partial charge in [-0.05, 0) is 0 Å². The summed E-state index contributed by atoms with van der Waals surface area (Å²) >= 11 is -0.625. The van der Waals surface area contributed by atoms with Gasteiger partial charge in [0.05, 0.1) is 0 Å². The van der Waals surface area contributed by atoms with Crippen LogP contribution in [0.1, 0.15) is 5.56 Å². The molecule has 3 nitrogen and oxygen atoms in total. The van der Waals surface area contributed by atoms with E-state index in [9.17, 15) is 4.79 Å². The van der Waals surface area contributed by atoms with Gasteiger partial charge in [0, 0.05) is 0 Å². The van der Waals surface area contributed by atoms with Gasteiger partial charge < -0.3 is 0 Å². The van der Waals surface area contributed by atoms with Gasteiger partial charge in [-0.2, -0.15) is 0 Å². The molecule has 0 saturated carbocycles. The van der Waals surface area contributed by atoms with Crippen molar-refractivity contribution in [3.8, 4) is 5.75 Å². The Kier molecular flexibility index (Phi) is 6.06. The third-order valence-corrected chi connectivity index (χ3v) is 6.13. The van der Waals surface area contributed by atoms with Crippen LogP contribution in [0.5, 0.6) is 5.75 Å².